The van der Waals surface area contributed by atoms with Crippen LogP contribution in [-0.4, -0.2) is 57.5 Å². The highest BCUT2D eigenvalue weighted by molar-refractivity contribution is 7.98. The van der Waals surface area contributed by atoms with Crippen molar-refractivity contribution in [2.24, 2.45) is 0 Å². The molecule has 1 saturated heterocycles. The Balaban J connectivity index is 1.68. The highest BCUT2D eigenvalue weighted by atomic mass is 32.2. The number of amides is 1. The molecule has 0 aliphatic carbocycles. The van der Waals surface area contributed by atoms with Crippen molar-refractivity contribution >= 4 is 46.2 Å². The number of hydrogen-bond donors (Lipinski definition) is 0. The van der Waals surface area contributed by atoms with E-state index in [-0.39, 0.29) is 11.9 Å². The number of ether oxygens (including phenoxy) is 1. The van der Waals surface area contributed by atoms with Crippen LogP contribution in [-0.2, 0) is 4.74 Å². The number of nitriles is 1. The predicted octanol–water partition coefficient (Wildman–Crippen LogP) is 4.44. The normalized spacial score (nSPS) is 17.7. The zero-order valence-electron chi connectivity index (χ0n) is 20.1. The van der Waals surface area contributed by atoms with Gasteiger partial charge >= 0.3 is 6.09 Å². The zero-order chi connectivity index (χ0) is 24.9. The minimum Gasteiger partial charge on any atom is -0.443 e. The molecule has 0 bridgehead atoms. The number of thioether (sulfide) groups is 1. The number of aromatic nitrogens is 3. The highest BCUT2D eigenvalue weighted by Gasteiger charge is 2.38. The summed E-state index contributed by atoms with van der Waals surface area (Å²) in [5.74, 6) is 0.431. The summed E-state index contributed by atoms with van der Waals surface area (Å²) in [6.07, 6.45) is 6.53. The van der Waals surface area contributed by atoms with Crippen LogP contribution in [0, 0.1) is 11.3 Å². The average Bonchev–Trinajstić information content (AvgIpc) is 3.42. The number of anilines is 2. The summed E-state index contributed by atoms with van der Waals surface area (Å²) < 4.78 is 7.03. The van der Waals surface area contributed by atoms with E-state index in [1.165, 1.54) is 16.3 Å². The van der Waals surface area contributed by atoms with E-state index in [9.17, 15) is 14.9 Å². The van der Waals surface area contributed by atoms with Crippen LogP contribution >= 0.6 is 11.8 Å². The molecule has 35 heavy (non-hydrogen) atoms. The Kier molecular flexibility index (Phi) is 5.68. The molecule has 1 amide bonds. The first-order chi connectivity index (χ1) is 16.7. The lowest BCUT2D eigenvalue weighted by atomic mass is 10.1. The van der Waals surface area contributed by atoms with Crippen LogP contribution in [0.4, 0.5) is 16.3 Å². The SMILES string of the molecule is CSc1ncc2c(n1)N1CCC[C@H]1CN(c1cn(C(=O)OC(C)(C)C)c3ccc(C#N)cc13)C2=O. The van der Waals surface area contributed by atoms with Crippen molar-refractivity contribution in [1.82, 2.24) is 14.5 Å². The standard InChI is InChI=1S/C25H26N6O3S/c1-25(2,3)34-24(33)31-14-20(17-10-15(11-26)7-8-19(17)31)30-13-16-6-5-9-29(16)21-18(22(30)32)12-27-23(28-21)35-4/h7-8,10,12,14,16H,5-6,9,13H2,1-4H3/t16-/m0/s1. The van der Waals surface area contributed by atoms with Gasteiger partial charge in [0.25, 0.3) is 5.91 Å². The maximum Gasteiger partial charge on any atom is 0.419 e. The lowest BCUT2D eigenvalue weighted by Crippen LogP contribution is -2.39. The second-order valence-electron chi connectivity index (χ2n) is 9.71. The number of benzene rings is 1. The number of carbonyl (C=O) groups excluding carboxylic acids is 2. The van der Waals surface area contributed by atoms with Crippen molar-refractivity contribution in [1.29, 1.82) is 5.26 Å². The molecule has 3 aromatic rings. The quantitative estimate of drug-likeness (QED) is 0.384. The van der Waals surface area contributed by atoms with Gasteiger partial charge < -0.3 is 14.5 Å². The van der Waals surface area contributed by atoms with Crippen LogP contribution in [0.5, 0.6) is 0 Å². The number of fused-ring (bicyclic) bond motifs is 4. The van der Waals surface area contributed by atoms with Gasteiger partial charge in [-0.05, 0) is 58.1 Å². The van der Waals surface area contributed by atoms with Gasteiger partial charge in [0.2, 0.25) is 0 Å². The van der Waals surface area contributed by atoms with Crippen LogP contribution in [0.15, 0.2) is 35.7 Å². The van der Waals surface area contributed by atoms with Gasteiger partial charge in [0.1, 0.15) is 17.0 Å². The molecule has 0 N–H and O–H groups in total. The third-order valence-corrected chi connectivity index (χ3v) is 6.80. The highest BCUT2D eigenvalue weighted by Crippen LogP contribution is 2.38. The van der Waals surface area contributed by atoms with E-state index in [1.54, 1.807) is 56.3 Å². The van der Waals surface area contributed by atoms with E-state index < -0.39 is 11.7 Å². The summed E-state index contributed by atoms with van der Waals surface area (Å²) >= 11 is 1.44. The molecule has 1 atom stereocenters. The van der Waals surface area contributed by atoms with Crippen LogP contribution < -0.4 is 9.80 Å². The molecule has 9 nitrogen and oxygen atoms in total. The molecule has 2 aromatic heterocycles. The number of carbonyl (C=O) groups is 2. The molecule has 4 heterocycles. The number of nitrogens with zero attached hydrogens (tertiary/aromatic N) is 6. The zero-order valence-corrected chi connectivity index (χ0v) is 20.9. The minimum absolute atomic E-state index is 0.0869. The van der Waals surface area contributed by atoms with Gasteiger partial charge in [-0.3, -0.25) is 9.36 Å². The van der Waals surface area contributed by atoms with Crippen LogP contribution in [0.2, 0.25) is 0 Å². The van der Waals surface area contributed by atoms with Crippen molar-refractivity contribution in [3.63, 3.8) is 0 Å². The number of hydrogen-bond acceptors (Lipinski definition) is 8. The fourth-order valence-corrected chi connectivity index (χ4v) is 5.07. The molecule has 2 aliphatic rings. The van der Waals surface area contributed by atoms with E-state index in [0.717, 1.165) is 19.4 Å². The maximum absolute atomic E-state index is 13.9. The Hall–Kier alpha value is -3.58. The lowest BCUT2D eigenvalue weighted by molar-refractivity contribution is 0.0544. The van der Waals surface area contributed by atoms with E-state index >= 15 is 0 Å². The smallest absolute Gasteiger partial charge is 0.419 e. The molecule has 1 fully saturated rings. The van der Waals surface area contributed by atoms with Gasteiger partial charge in [0.15, 0.2) is 5.16 Å². The van der Waals surface area contributed by atoms with Gasteiger partial charge in [-0.15, -0.1) is 0 Å². The van der Waals surface area contributed by atoms with Crippen molar-refractivity contribution in [3.05, 3.63) is 41.7 Å². The molecule has 0 unspecified atom stereocenters. The summed E-state index contributed by atoms with van der Waals surface area (Å²) in [4.78, 5) is 39.9. The van der Waals surface area contributed by atoms with Crippen LogP contribution in [0.3, 0.4) is 0 Å². The molecular weight excluding hydrogens is 464 g/mol. The lowest BCUT2D eigenvalue weighted by Gasteiger charge is -2.26. The van der Waals surface area contributed by atoms with Gasteiger partial charge in [-0.2, -0.15) is 5.26 Å². The first kappa shape index (κ1) is 23.2. The molecule has 10 heteroatoms. The second-order valence-corrected chi connectivity index (χ2v) is 10.5. The van der Waals surface area contributed by atoms with E-state index in [1.807, 2.05) is 6.26 Å². The second kappa shape index (κ2) is 8.57. The third-order valence-electron chi connectivity index (χ3n) is 6.24. The molecule has 0 spiro atoms. The third kappa shape index (κ3) is 4.10. The molecule has 1 aromatic carbocycles. The van der Waals surface area contributed by atoms with Crippen molar-refractivity contribution in [2.75, 3.05) is 29.1 Å². The first-order valence-electron chi connectivity index (χ1n) is 11.5. The fraction of sp³-hybridized carbons (Fsp3) is 0.400. The molecule has 0 radical (unpaired) electrons. The van der Waals surface area contributed by atoms with Gasteiger partial charge in [-0.1, -0.05) is 11.8 Å². The van der Waals surface area contributed by atoms with E-state index in [0.29, 0.717) is 45.2 Å². The van der Waals surface area contributed by atoms with Crippen molar-refractivity contribution < 1.29 is 14.3 Å². The topological polar surface area (TPSA) is 104 Å². The van der Waals surface area contributed by atoms with Gasteiger partial charge in [-0.25, -0.2) is 14.8 Å². The minimum atomic E-state index is -0.686. The molecule has 5 rings (SSSR count). The Morgan fingerprint density at radius 3 is 2.83 bits per heavy atom. The van der Waals surface area contributed by atoms with Crippen LogP contribution in [0.25, 0.3) is 10.9 Å². The largest absolute Gasteiger partial charge is 0.443 e. The summed E-state index contributed by atoms with van der Waals surface area (Å²) in [5, 5.41) is 10.8. The van der Waals surface area contributed by atoms with Crippen molar-refractivity contribution in [3.8, 4) is 6.07 Å². The van der Waals surface area contributed by atoms with Crippen LogP contribution in [0.1, 0.15) is 49.5 Å². The monoisotopic (exact) mass is 490 g/mol. The Morgan fingerprint density at radius 1 is 1.31 bits per heavy atom. The summed E-state index contributed by atoms with van der Waals surface area (Å²) in [5.41, 5.74) is 1.32. The summed E-state index contributed by atoms with van der Waals surface area (Å²) in [7, 11) is 0. The fourth-order valence-electron chi connectivity index (χ4n) is 4.74. The maximum atomic E-state index is 13.9. The first-order valence-corrected chi connectivity index (χ1v) is 12.7. The molecule has 2 aliphatic heterocycles. The Bertz CT molecular complexity index is 1390. The van der Waals surface area contributed by atoms with E-state index in [2.05, 4.69) is 20.9 Å². The Labute approximate surface area is 207 Å². The predicted molar refractivity (Wildman–Crippen MR) is 134 cm³/mol. The van der Waals surface area contributed by atoms with Gasteiger partial charge in [0, 0.05) is 36.9 Å². The molecular formula is C25H26N6O3S. The van der Waals surface area contributed by atoms with Crippen molar-refractivity contribution in [2.45, 2.75) is 50.4 Å². The van der Waals surface area contributed by atoms with Gasteiger partial charge in [0.05, 0.1) is 22.8 Å². The molecule has 0 saturated carbocycles. The molecule has 180 valence electrons. The summed E-state index contributed by atoms with van der Waals surface area (Å²) in [6.45, 7) is 6.67. The Morgan fingerprint density at radius 2 is 2.11 bits per heavy atom. The van der Waals surface area contributed by atoms with E-state index in [4.69, 9.17) is 4.74 Å². The average molecular weight is 491 g/mol. The summed E-state index contributed by atoms with van der Waals surface area (Å²) in [6, 6.07) is 7.33. The number of rotatable bonds is 2.